The van der Waals surface area contributed by atoms with Gasteiger partial charge in [-0.1, -0.05) is 29.8 Å². The Kier molecular flexibility index (Phi) is 9.77. The minimum absolute atomic E-state index is 0.0444. The molecule has 0 aliphatic rings. The van der Waals surface area contributed by atoms with Gasteiger partial charge in [-0.15, -0.1) is 0 Å². The van der Waals surface area contributed by atoms with Crippen LogP contribution in [0.2, 0.25) is 5.02 Å². The maximum Gasteiger partial charge on any atom is 0.264 e. The van der Waals surface area contributed by atoms with Crippen LogP contribution in [0.1, 0.15) is 16.9 Å². The predicted octanol–water partition coefficient (Wildman–Crippen LogP) is 4.28. The van der Waals surface area contributed by atoms with E-state index in [0.29, 0.717) is 33.3 Å². The standard InChI is InChI=1S/C29H27ClN4O6S/c1-21-16-23(30)11-14-27(21)34(41(37,38)26-7-3-2-4-8-26)19-28(35)33-32-17-22-9-12-24(13-10-22)40-20-29(36)31-18-25-6-5-15-39-25/h2-17H,18-20H2,1H3,(H,31,36)(H,33,35)/b32-17-. The van der Waals surface area contributed by atoms with Crippen molar-refractivity contribution >= 4 is 45.3 Å². The summed E-state index contributed by atoms with van der Waals surface area (Å²) in [6.07, 6.45) is 2.93. The first-order chi connectivity index (χ1) is 19.7. The average Bonchev–Trinajstić information content (AvgIpc) is 3.49. The molecule has 4 aromatic rings. The molecule has 0 fully saturated rings. The van der Waals surface area contributed by atoms with Gasteiger partial charge in [0, 0.05) is 5.02 Å². The van der Waals surface area contributed by atoms with Gasteiger partial charge in [-0.25, -0.2) is 13.8 Å². The van der Waals surface area contributed by atoms with Gasteiger partial charge in [-0.05, 0) is 84.8 Å². The second-order valence-corrected chi connectivity index (χ2v) is 11.1. The molecule has 2 amide bonds. The lowest BCUT2D eigenvalue weighted by Crippen LogP contribution is -2.40. The van der Waals surface area contributed by atoms with Crippen LogP contribution in [0.4, 0.5) is 5.69 Å². The number of amides is 2. The summed E-state index contributed by atoms with van der Waals surface area (Å²) in [5, 5.41) is 7.08. The van der Waals surface area contributed by atoms with Crippen molar-refractivity contribution in [2.24, 2.45) is 5.10 Å². The van der Waals surface area contributed by atoms with Gasteiger partial charge < -0.3 is 14.5 Å². The van der Waals surface area contributed by atoms with E-state index in [1.54, 1.807) is 79.7 Å². The normalized spacial score (nSPS) is 11.3. The number of anilines is 1. The van der Waals surface area contributed by atoms with Gasteiger partial charge in [0.05, 0.1) is 29.6 Å². The zero-order chi connectivity index (χ0) is 29.2. The number of hydrazone groups is 1. The van der Waals surface area contributed by atoms with Gasteiger partial charge >= 0.3 is 0 Å². The highest BCUT2D eigenvalue weighted by molar-refractivity contribution is 7.92. The third-order valence-corrected chi connectivity index (χ3v) is 7.75. The van der Waals surface area contributed by atoms with Gasteiger partial charge in [-0.3, -0.25) is 13.9 Å². The SMILES string of the molecule is Cc1cc(Cl)ccc1N(CC(=O)N/N=C\c1ccc(OCC(=O)NCc2ccco2)cc1)S(=O)(=O)c1ccccc1. The average molecular weight is 595 g/mol. The molecule has 0 radical (unpaired) electrons. The van der Waals surface area contributed by atoms with Crippen LogP contribution >= 0.6 is 11.6 Å². The second kappa shape index (κ2) is 13.6. The first kappa shape index (κ1) is 29.4. The monoisotopic (exact) mass is 594 g/mol. The lowest BCUT2D eigenvalue weighted by Gasteiger charge is -2.25. The van der Waals surface area contributed by atoms with Crippen molar-refractivity contribution in [3.05, 3.63) is 113 Å². The molecule has 12 heteroatoms. The summed E-state index contributed by atoms with van der Waals surface area (Å²) >= 11 is 6.06. The summed E-state index contributed by atoms with van der Waals surface area (Å²) in [5.74, 6) is 0.168. The maximum absolute atomic E-state index is 13.5. The largest absolute Gasteiger partial charge is 0.484 e. The van der Waals surface area contributed by atoms with Crippen LogP contribution in [-0.4, -0.2) is 39.6 Å². The van der Waals surface area contributed by atoms with Crippen molar-refractivity contribution in [1.82, 2.24) is 10.7 Å². The predicted molar refractivity (Wildman–Crippen MR) is 155 cm³/mol. The third-order valence-electron chi connectivity index (χ3n) is 5.74. The fraction of sp³-hybridized carbons (Fsp3) is 0.138. The topological polar surface area (TPSA) is 130 Å². The summed E-state index contributed by atoms with van der Waals surface area (Å²) in [6, 6.07) is 22.8. The van der Waals surface area contributed by atoms with Crippen molar-refractivity contribution in [2.45, 2.75) is 18.4 Å². The number of hydrogen-bond donors (Lipinski definition) is 2. The molecule has 3 aromatic carbocycles. The van der Waals surface area contributed by atoms with Gasteiger partial charge in [0.15, 0.2) is 6.61 Å². The number of aryl methyl sites for hydroxylation is 1. The molecule has 0 saturated carbocycles. The molecule has 0 saturated heterocycles. The second-order valence-electron chi connectivity index (χ2n) is 8.76. The number of benzene rings is 3. The fourth-order valence-electron chi connectivity index (χ4n) is 3.71. The van der Waals surface area contributed by atoms with E-state index in [-0.39, 0.29) is 24.0 Å². The molecule has 0 aliphatic carbocycles. The van der Waals surface area contributed by atoms with Crippen molar-refractivity contribution in [3.8, 4) is 5.75 Å². The number of hydrogen-bond acceptors (Lipinski definition) is 7. The van der Waals surface area contributed by atoms with E-state index in [2.05, 4.69) is 15.8 Å². The van der Waals surface area contributed by atoms with Crippen LogP contribution in [0.3, 0.4) is 0 Å². The smallest absolute Gasteiger partial charge is 0.264 e. The zero-order valence-corrected chi connectivity index (χ0v) is 23.6. The van der Waals surface area contributed by atoms with Crippen LogP contribution in [0.5, 0.6) is 5.75 Å². The van der Waals surface area contributed by atoms with Crippen LogP contribution in [-0.2, 0) is 26.2 Å². The summed E-state index contributed by atoms with van der Waals surface area (Å²) in [7, 11) is -4.06. The molecule has 1 heterocycles. The summed E-state index contributed by atoms with van der Waals surface area (Å²) in [4.78, 5) is 24.8. The molecule has 1 aromatic heterocycles. The molecule has 0 unspecified atom stereocenters. The first-order valence-electron chi connectivity index (χ1n) is 12.4. The van der Waals surface area contributed by atoms with Gasteiger partial charge in [0.1, 0.15) is 18.1 Å². The van der Waals surface area contributed by atoms with E-state index in [0.717, 1.165) is 4.31 Å². The van der Waals surface area contributed by atoms with Crippen LogP contribution < -0.4 is 19.8 Å². The van der Waals surface area contributed by atoms with Gasteiger partial charge in [0.25, 0.3) is 21.8 Å². The lowest BCUT2D eigenvalue weighted by molar-refractivity contribution is -0.123. The molecule has 2 N–H and O–H groups in total. The van der Waals surface area contributed by atoms with Crippen molar-refractivity contribution in [1.29, 1.82) is 0 Å². The Bertz CT molecular complexity index is 1610. The molecular weight excluding hydrogens is 568 g/mol. The molecule has 0 bridgehead atoms. The van der Waals surface area contributed by atoms with E-state index < -0.39 is 22.5 Å². The van der Waals surface area contributed by atoms with E-state index in [9.17, 15) is 18.0 Å². The molecule has 212 valence electrons. The molecule has 10 nitrogen and oxygen atoms in total. The molecule has 0 aliphatic heterocycles. The zero-order valence-electron chi connectivity index (χ0n) is 22.0. The molecule has 0 spiro atoms. The number of halogens is 1. The van der Waals surface area contributed by atoms with Crippen LogP contribution in [0, 0.1) is 6.92 Å². The van der Waals surface area contributed by atoms with Crippen LogP contribution in [0.15, 0.2) is 106 Å². The maximum atomic E-state index is 13.5. The molecule has 4 rings (SSSR count). The fourth-order valence-corrected chi connectivity index (χ4v) is 5.44. The van der Waals surface area contributed by atoms with E-state index >= 15 is 0 Å². The highest BCUT2D eigenvalue weighted by Gasteiger charge is 2.28. The van der Waals surface area contributed by atoms with Gasteiger partial charge in [0.2, 0.25) is 0 Å². The minimum Gasteiger partial charge on any atom is -0.484 e. The van der Waals surface area contributed by atoms with E-state index in [1.807, 2.05) is 0 Å². The van der Waals surface area contributed by atoms with Crippen molar-refractivity contribution < 1.29 is 27.2 Å². The number of furan rings is 1. The Labute approximate surface area is 242 Å². The molecular formula is C29H27ClN4O6S. The van der Waals surface area contributed by atoms with Gasteiger partial charge in [-0.2, -0.15) is 5.10 Å². The quantitative estimate of drug-likeness (QED) is 0.186. The lowest BCUT2D eigenvalue weighted by atomic mass is 10.2. The Morgan fingerprint density at radius 2 is 1.76 bits per heavy atom. The number of carbonyl (C=O) groups excluding carboxylic acids is 2. The Morgan fingerprint density at radius 3 is 2.44 bits per heavy atom. The van der Waals surface area contributed by atoms with E-state index in [4.69, 9.17) is 20.8 Å². The van der Waals surface area contributed by atoms with Crippen LogP contribution in [0.25, 0.3) is 0 Å². The number of nitrogens with zero attached hydrogens (tertiary/aromatic N) is 2. The number of sulfonamides is 1. The number of rotatable bonds is 12. The first-order valence-corrected chi connectivity index (χ1v) is 14.2. The Morgan fingerprint density at radius 1 is 1.00 bits per heavy atom. The summed E-state index contributed by atoms with van der Waals surface area (Å²) < 4.78 is 38.6. The van der Waals surface area contributed by atoms with Crippen molar-refractivity contribution in [2.75, 3.05) is 17.5 Å². The number of carbonyl (C=O) groups is 2. The van der Waals surface area contributed by atoms with Crippen molar-refractivity contribution in [3.63, 3.8) is 0 Å². The summed E-state index contributed by atoms with van der Waals surface area (Å²) in [6.45, 7) is 1.31. The number of nitrogens with one attached hydrogen (secondary N) is 2. The Hall–Kier alpha value is -4.61. The highest BCUT2D eigenvalue weighted by atomic mass is 35.5. The number of ether oxygens (including phenoxy) is 1. The molecule has 41 heavy (non-hydrogen) atoms. The van der Waals surface area contributed by atoms with E-state index in [1.165, 1.54) is 24.6 Å². The summed E-state index contributed by atoms with van der Waals surface area (Å²) in [5.41, 5.74) is 3.92. The highest BCUT2D eigenvalue weighted by Crippen LogP contribution is 2.28. The minimum atomic E-state index is -4.06. The Balaban J connectivity index is 1.35. The third kappa shape index (κ3) is 8.19. The molecule has 0 atom stereocenters.